The van der Waals surface area contributed by atoms with Crippen molar-refractivity contribution < 1.29 is 8.78 Å². The number of nitrogens with zero attached hydrogens (tertiary/aromatic N) is 1. The van der Waals surface area contributed by atoms with Crippen molar-refractivity contribution in [1.82, 2.24) is 5.32 Å². The van der Waals surface area contributed by atoms with Gasteiger partial charge in [-0.05, 0) is 44.0 Å². The first kappa shape index (κ1) is 17.0. The van der Waals surface area contributed by atoms with Gasteiger partial charge < -0.3 is 5.32 Å². The molecule has 24 heavy (non-hydrogen) atoms. The molecular formula is C19H20F2N2S. The summed E-state index contributed by atoms with van der Waals surface area (Å²) < 4.78 is 28.0. The first-order chi connectivity index (χ1) is 11.5. The summed E-state index contributed by atoms with van der Waals surface area (Å²) in [4.78, 5) is 4.38. The number of aryl methyl sites for hydroxylation is 2. The average Bonchev–Trinajstić information content (AvgIpc) is 3.01. The second-order valence-electron chi connectivity index (χ2n) is 6.10. The Morgan fingerprint density at radius 1 is 1.12 bits per heavy atom. The topological polar surface area (TPSA) is 24.4 Å². The molecule has 2 nitrogen and oxygen atoms in total. The third kappa shape index (κ3) is 4.15. The number of aliphatic imine (C=N–C) groups is 1. The van der Waals surface area contributed by atoms with Gasteiger partial charge in [-0.3, -0.25) is 4.99 Å². The van der Waals surface area contributed by atoms with E-state index < -0.39 is 11.6 Å². The number of nitrogens with one attached hydrogen (secondary N) is 1. The van der Waals surface area contributed by atoms with E-state index in [0.717, 1.165) is 40.2 Å². The molecule has 0 aromatic heterocycles. The molecule has 0 bridgehead atoms. The van der Waals surface area contributed by atoms with Gasteiger partial charge in [0, 0.05) is 11.3 Å². The molecule has 0 aliphatic carbocycles. The zero-order chi connectivity index (χ0) is 17.1. The van der Waals surface area contributed by atoms with Crippen LogP contribution in [0.4, 0.5) is 8.78 Å². The Morgan fingerprint density at radius 2 is 1.88 bits per heavy atom. The van der Waals surface area contributed by atoms with E-state index in [1.165, 1.54) is 12.1 Å². The lowest BCUT2D eigenvalue weighted by molar-refractivity contribution is 0.544. The van der Waals surface area contributed by atoms with Gasteiger partial charge in [-0.2, -0.15) is 0 Å². The van der Waals surface area contributed by atoms with Crippen LogP contribution in [-0.2, 0) is 6.42 Å². The van der Waals surface area contributed by atoms with E-state index in [4.69, 9.17) is 0 Å². The first-order valence-corrected chi connectivity index (χ1v) is 8.96. The molecule has 0 saturated carbocycles. The number of hydrogen-bond donors (Lipinski definition) is 1. The summed E-state index contributed by atoms with van der Waals surface area (Å²) >= 11 is 1.61. The molecule has 3 rings (SSSR count). The maximum atomic E-state index is 14.3. The predicted molar refractivity (Wildman–Crippen MR) is 96.6 cm³/mol. The number of thioether (sulfide) groups is 1. The molecule has 2 aromatic carbocycles. The maximum Gasteiger partial charge on any atom is 0.157 e. The third-order valence-electron chi connectivity index (χ3n) is 3.94. The summed E-state index contributed by atoms with van der Waals surface area (Å²) in [5.74, 6) is 0.0889. The maximum absolute atomic E-state index is 14.3. The lowest BCUT2D eigenvalue weighted by atomic mass is 9.96. The molecule has 1 atom stereocenters. The number of halogens is 2. The van der Waals surface area contributed by atoms with Gasteiger partial charge in [0.15, 0.2) is 5.17 Å². The highest BCUT2D eigenvalue weighted by Crippen LogP contribution is 2.25. The van der Waals surface area contributed by atoms with E-state index in [-0.39, 0.29) is 6.04 Å². The van der Waals surface area contributed by atoms with Crippen molar-refractivity contribution in [3.05, 3.63) is 70.3 Å². The van der Waals surface area contributed by atoms with Crippen LogP contribution in [0.3, 0.4) is 0 Å². The second-order valence-corrected chi connectivity index (χ2v) is 7.18. The normalized spacial score (nSPS) is 15.2. The summed E-state index contributed by atoms with van der Waals surface area (Å²) in [6.07, 6.45) is 0.572. The van der Waals surface area contributed by atoms with Crippen molar-refractivity contribution >= 4 is 16.9 Å². The summed E-state index contributed by atoms with van der Waals surface area (Å²) in [6.45, 7) is 4.84. The van der Waals surface area contributed by atoms with Crippen LogP contribution in [0.5, 0.6) is 0 Å². The van der Waals surface area contributed by atoms with Crippen LogP contribution in [0.2, 0.25) is 0 Å². The lowest BCUT2D eigenvalue weighted by Crippen LogP contribution is -2.28. The lowest BCUT2D eigenvalue weighted by Gasteiger charge is -2.21. The molecule has 1 aliphatic rings. The second kappa shape index (κ2) is 7.34. The van der Waals surface area contributed by atoms with E-state index in [2.05, 4.69) is 28.5 Å². The minimum atomic E-state index is -0.431. The van der Waals surface area contributed by atoms with Gasteiger partial charge in [-0.1, -0.05) is 41.1 Å². The highest BCUT2D eigenvalue weighted by Gasteiger charge is 2.20. The molecule has 1 N–H and O–H groups in total. The minimum Gasteiger partial charge on any atom is -0.358 e. The quantitative estimate of drug-likeness (QED) is 0.878. The van der Waals surface area contributed by atoms with Crippen LogP contribution in [0.1, 0.15) is 28.3 Å². The van der Waals surface area contributed by atoms with E-state index in [0.29, 0.717) is 12.0 Å². The van der Waals surface area contributed by atoms with E-state index >= 15 is 0 Å². The molecular weight excluding hydrogens is 326 g/mol. The minimum absolute atomic E-state index is 0.337. The van der Waals surface area contributed by atoms with Gasteiger partial charge in [-0.25, -0.2) is 8.78 Å². The van der Waals surface area contributed by atoms with Crippen molar-refractivity contribution in [3.8, 4) is 0 Å². The Kier molecular flexibility index (Phi) is 5.19. The van der Waals surface area contributed by atoms with Crippen LogP contribution in [-0.4, -0.2) is 17.5 Å². The standard InChI is InChI=1S/C19H20F2N2S/c1-12-7-13(2)9-14(8-12)10-18(23-19-22-5-6-24-19)16-11-15(20)3-4-17(16)21/h3-4,7-9,11,18H,5-6,10H2,1-2H3,(H,22,23). The molecule has 0 amide bonds. The molecule has 126 valence electrons. The van der Waals surface area contributed by atoms with E-state index in [9.17, 15) is 8.78 Å². The Hall–Kier alpha value is -1.88. The number of rotatable bonds is 4. The van der Waals surface area contributed by atoms with Crippen LogP contribution >= 0.6 is 11.8 Å². The molecule has 0 fully saturated rings. The van der Waals surface area contributed by atoms with Gasteiger partial charge in [0.2, 0.25) is 0 Å². The Balaban J connectivity index is 1.93. The highest BCUT2D eigenvalue weighted by atomic mass is 32.2. The highest BCUT2D eigenvalue weighted by molar-refractivity contribution is 8.14. The molecule has 0 saturated heterocycles. The molecule has 1 unspecified atom stereocenters. The molecule has 2 aromatic rings. The SMILES string of the molecule is Cc1cc(C)cc(CC(NC2=NCCS2)c2cc(F)ccc2F)c1. The zero-order valence-electron chi connectivity index (χ0n) is 13.8. The predicted octanol–water partition coefficient (Wildman–Crippen LogP) is 4.56. The Labute approximate surface area is 145 Å². The van der Waals surface area contributed by atoms with Crippen LogP contribution < -0.4 is 5.32 Å². The monoisotopic (exact) mass is 346 g/mol. The summed E-state index contributed by atoms with van der Waals surface area (Å²) in [6, 6.07) is 9.53. The zero-order valence-corrected chi connectivity index (χ0v) is 14.6. The largest absolute Gasteiger partial charge is 0.358 e. The summed E-state index contributed by atoms with van der Waals surface area (Å²) in [5, 5.41) is 4.09. The smallest absolute Gasteiger partial charge is 0.157 e. The van der Waals surface area contributed by atoms with E-state index in [1.54, 1.807) is 11.8 Å². The molecule has 1 heterocycles. The first-order valence-electron chi connectivity index (χ1n) is 7.97. The van der Waals surface area contributed by atoms with Crippen LogP contribution in [0, 0.1) is 25.5 Å². The Morgan fingerprint density at radius 3 is 2.54 bits per heavy atom. The van der Waals surface area contributed by atoms with Crippen molar-refractivity contribution in [3.63, 3.8) is 0 Å². The fourth-order valence-electron chi connectivity index (χ4n) is 3.01. The Bertz CT molecular complexity index is 754. The van der Waals surface area contributed by atoms with Gasteiger partial charge >= 0.3 is 0 Å². The number of benzene rings is 2. The molecule has 0 radical (unpaired) electrons. The molecule has 1 aliphatic heterocycles. The number of amidine groups is 1. The van der Waals surface area contributed by atoms with E-state index in [1.807, 2.05) is 13.8 Å². The van der Waals surface area contributed by atoms with Crippen LogP contribution in [0.15, 0.2) is 41.4 Å². The summed E-state index contributed by atoms with van der Waals surface area (Å²) in [7, 11) is 0. The molecule has 5 heteroatoms. The third-order valence-corrected chi connectivity index (χ3v) is 4.85. The van der Waals surface area contributed by atoms with Crippen LogP contribution in [0.25, 0.3) is 0 Å². The summed E-state index contributed by atoms with van der Waals surface area (Å²) in [5.41, 5.74) is 3.76. The number of hydrogen-bond acceptors (Lipinski definition) is 3. The van der Waals surface area contributed by atoms with Crippen molar-refractivity contribution in [2.75, 3.05) is 12.3 Å². The van der Waals surface area contributed by atoms with Gasteiger partial charge in [0.25, 0.3) is 0 Å². The van der Waals surface area contributed by atoms with Gasteiger partial charge in [-0.15, -0.1) is 0 Å². The fourth-order valence-corrected chi connectivity index (χ4v) is 3.80. The van der Waals surface area contributed by atoms with Crippen molar-refractivity contribution in [1.29, 1.82) is 0 Å². The van der Waals surface area contributed by atoms with Crippen molar-refractivity contribution in [2.45, 2.75) is 26.3 Å². The molecule has 0 spiro atoms. The fraction of sp³-hybridized carbons (Fsp3) is 0.316. The van der Waals surface area contributed by atoms with Gasteiger partial charge in [0.05, 0.1) is 12.6 Å². The average molecular weight is 346 g/mol. The van der Waals surface area contributed by atoms with Crippen molar-refractivity contribution in [2.24, 2.45) is 4.99 Å². The van der Waals surface area contributed by atoms with Gasteiger partial charge in [0.1, 0.15) is 11.6 Å².